The van der Waals surface area contributed by atoms with E-state index in [-0.39, 0.29) is 10.8 Å². The predicted octanol–water partition coefficient (Wildman–Crippen LogP) is 4.44. The molecule has 3 heteroatoms. The molecule has 19 heavy (non-hydrogen) atoms. The first-order valence-corrected chi connectivity index (χ1v) is 7.73. The summed E-state index contributed by atoms with van der Waals surface area (Å²) in [7, 11) is 0. The molecule has 1 fully saturated rings. The van der Waals surface area contributed by atoms with E-state index >= 15 is 0 Å². The van der Waals surface area contributed by atoms with Gasteiger partial charge in [-0.25, -0.2) is 4.39 Å². The minimum atomic E-state index is -0.226. The minimum absolute atomic E-state index is 0.226. The van der Waals surface area contributed by atoms with Crippen molar-refractivity contribution in [3.8, 4) is 0 Å². The van der Waals surface area contributed by atoms with E-state index in [9.17, 15) is 4.39 Å². The number of nitrogens with one attached hydrogen (secondary N) is 1. The fraction of sp³-hybridized carbons (Fsp3) is 0.625. The summed E-state index contributed by atoms with van der Waals surface area (Å²) in [6, 6.07) is 5.34. The van der Waals surface area contributed by atoms with Gasteiger partial charge in [-0.1, -0.05) is 37.1 Å². The van der Waals surface area contributed by atoms with Gasteiger partial charge in [0.2, 0.25) is 0 Å². The lowest BCUT2D eigenvalue weighted by Crippen LogP contribution is -2.26. The van der Waals surface area contributed by atoms with Crippen molar-refractivity contribution >= 4 is 11.6 Å². The average Bonchev–Trinajstić information content (AvgIpc) is 2.83. The van der Waals surface area contributed by atoms with E-state index in [0.717, 1.165) is 25.1 Å². The Bertz CT molecular complexity index is 408. The fourth-order valence-corrected chi connectivity index (χ4v) is 3.30. The van der Waals surface area contributed by atoms with Gasteiger partial charge in [-0.15, -0.1) is 0 Å². The number of benzene rings is 1. The summed E-state index contributed by atoms with van der Waals surface area (Å²) >= 11 is 5.85. The molecule has 0 aliphatic heterocycles. The van der Waals surface area contributed by atoms with Crippen LogP contribution in [0.3, 0.4) is 0 Å². The maximum absolute atomic E-state index is 13.9. The molecule has 2 unspecified atom stereocenters. The summed E-state index contributed by atoms with van der Waals surface area (Å²) in [5.74, 6) is 1.05. The third-order valence-corrected chi connectivity index (χ3v) is 4.46. The molecule has 2 rings (SSSR count). The Morgan fingerprint density at radius 2 is 2.11 bits per heavy atom. The molecule has 0 bridgehead atoms. The second-order valence-corrected chi connectivity index (χ2v) is 5.98. The van der Waals surface area contributed by atoms with Gasteiger partial charge in [0, 0.05) is 0 Å². The van der Waals surface area contributed by atoms with Crippen LogP contribution in [-0.4, -0.2) is 13.1 Å². The van der Waals surface area contributed by atoms with Crippen molar-refractivity contribution in [1.82, 2.24) is 5.32 Å². The summed E-state index contributed by atoms with van der Waals surface area (Å²) < 4.78 is 13.9. The van der Waals surface area contributed by atoms with E-state index < -0.39 is 0 Å². The van der Waals surface area contributed by atoms with Gasteiger partial charge in [0.05, 0.1) is 5.02 Å². The molecule has 0 heterocycles. The SMILES string of the molecule is CCCNCC1CCCC1Cc1cccc(Cl)c1F. The molecule has 1 saturated carbocycles. The second kappa shape index (κ2) is 7.25. The molecule has 1 aromatic rings. The third-order valence-electron chi connectivity index (χ3n) is 4.16. The summed E-state index contributed by atoms with van der Waals surface area (Å²) in [6.07, 6.45) is 5.74. The van der Waals surface area contributed by atoms with Gasteiger partial charge >= 0.3 is 0 Å². The summed E-state index contributed by atoms with van der Waals surface area (Å²) in [5.41, 5.74) is 0.778. The smallest absolute Gasteiger partial charge is 0.144 e. The molecule has 0 aromatic heterocycles. The fourth-order valence-electron chi connectivity index (χ4n) is 3.10. The number of hydrogen-bond donors (Lipinski definition) is 1. The molecule has 1 aliphatic carbocycles. The lowest BCUT2D eigenvalue weighted by molar-refractivity contribution is 0.361. The van der Waals surface area contributed by atoms with Crippen LogP contribution in [-0.2, 0) is 6.42 Å². The predicted molar refractivity (Wildman–Crippen MR) is 79.1 cm³/mol. The van der Waals surface area contributed by atoms with Crippen molar-refractivity contribution in [2.75, 3.05) is 13.1 Å². The van der Waals surface area contributed by atoms with E-state index in [0.29, 0.717) is 11.8 Å². The van der Waals surface area contributed by atoms with Crippen LogP contribution in [0.2, 0.25) is 5.02 Å². The largest absolute Gasteiger partial charge is 0.316 e. The number of rotatable bonds is 6. The molecule has 0 spiro atoms. The molecule has 1 aliphatic rings. The third kappa shape index (κ3) is 3.93. The van der Waals surface area contributed by atoms with Crippen LogP contribution in [0.4, 0.5) is 4.39 Å². The van der Waals surface area contributed by atoms with E-state index in [1.165, 1.54) is 25.7 Å². The average molecular weight is 284 g/mol. The molecular formula is C16H23ClFN. The Morgan fingerprint density at radius 1 is 1.32 bits per heavy atom. The van der Waals surface area contributed by atoms with Crippen molar-refractivity contribution in [1.29, 1.82) is 0 Å². The highest BCUT2D eigenvalue weighted by atomic mass is 35.5. The van der Waals surface area contributed by atoms with Crippen molar-refractivity contribution in [2.45, 2.75) is 39.0 Å². The van der Waals surface area contributed by atoms with Crippen LogP contribution in [0.15, 0.2) is 18.2 Å². The van der Waals surface area contributed by atoms with E-state index in [2.05, 4.69) is 12.2 Å². The maximum Gasteiger partial charge on any atom is 0.144 e. The highest BCUT2D eigenvalue weighted by Crippen LogP contribution is 2.35. The molecule has 0 saturated heterocycles. The van der Waals surface area contributed by atoms with Crippen molar-refractivity contribution in [3.05, 3.63) is 34.6 Å². The van der Waals surface area contributed by atoms with Gasteiger partial charge in [-0.2, -0.15) is 0 Å². The Morgan fingerprint density at radius 3 is 2.89 bits per heavy atom. The van der Waals surface area contributed by atoms with Gasteiger partial charge in [0.15, 0.2) is 0 Å². The first kappa shape index (κ1) is 14.8. The summed E-state index contributed by atoms with van der Waals surface area (Å²) in [6.45, 7) is 4.33. The van der Waals surface area contributed by atoms with Crippen LogP contribution in [0.25, 0.3) is 0 Å². The van der Waals surface area contributed by atoms with Gasteiger partial charge in [-0.05, 0) is 62.2 Å². The first-order chi connectivity index (χ1) is 9.22. The lowest BCUT2D eigenvalue weighted by atomic mass is 9.89. The standard InChI is InChI=1S/C16H23ClFN/c1-2-9-19-11-14-7-3-5-12(14)10-13-6-4-8-15(17)16(13)18/h4,6,8,12,14,19H,2-3,5,7,9-11H2,1H3. The Balaban J connectivity index is 1.95. The minimum Gasteiger partial charge on any atom is -0.316 e. The van der Waals surface area contributed by atoms with E-state index in [4.69, 9.17) is 11.6 Å². The number of hydrogen-bond acceptors (Lipinski definition) is 1. The summed E-state index contributed by atoms with van der Waals surface area (Å²) in [5, 5.41) is 3.75. The molecular weight excluding hydrogens is 261 g/mol. The van der Waals surface area contributed by atoms with Crippen molar-refractivity contribution in [2.24, 2.45) is 11.8 Å². The summed E-state index contributed by atoms with van der Waals surface area (Å²) in [4.78, 5) is 0. The zero-order valence-corrected chi connectivity index (χ0v) is 12.3. The van der Waals surface area contributed by atoms with Crippen LogP contribution >= 0.6 is 11.6 Å². The Labute approximate surface area is 120 Å². The van der Waals surface area contributed by atoms with Gasteiger partial charge < -0.3 is 5.32 Å². The topological polar surface area (TPSA) is 12.0 Å². The molecule has 106 valence electrons. The van der Waals surface area contributed by atoms with Crippen molar-refractivity contribution in [3.63, 3.8) is 0 Å². The van der Waals surface area contributed by atoms with Crippen molar-refractivity contribution < 1.29 is 4.39 Å². The highest BCUT2D eigenvalue weighted by Gasteiger charge is 2.27. The van der Waals surface area contributed by atoms with Gasteiger partial charge in [0.25, 0.3) is 0 Å². The van der Waals surface area contributed by atoms with Crippen LogP contribution < -0.4 is 5.32 Å². The Kier molecular flexibility index (Phi) is 5.65. The first-order valence-electron chi connectivity index (χ1n) is 7.36. The molecule has 0 amide bonds. The number of halogens is 2. The van der Waals surface area contributed by atoms with Crippen LogP contribution in [0, 0.1) is 17.7 Å². The van der Waals surface area contributed by atoms with E-state index in [1.807, 2.05) is 12.1 Å². The zero-order chi connectivity index (χ0) is 13.7. The highest BCUT2D eigenvalue weighted by molar-refractivity contribution is 6.30. The van der Waals surface area contributed by atoms with E-state index in [1.54, 1.807) is 6.07 Å². The van der Waals surface area contributed by atoms with Gasteiger partial charge in [0.1, 0.15) is 5.82 Å². The molecule has 2 atom stereocenters. The van der Waals surface area contributed by atoms with Crippen LogP contribution in [0.1, 0.15) is 38.2 Å². The molecule has 1 N–H and O–H groups in total. The second-order valence-electron chi connectivity index (χ2n) is 5.57. The molecule has 1 nitrogen and oxygen atoms in total. The monoisotopic (exact) mass is 283 g/mol. The maximum atomic E-state index is 13.9. The molecule has 1 aromatic carbocycles. The quantitative estimate of drug-likeness (QED) is 0.761. The van der Waals surface area contributed by atoms with Gasteiger partial charge in [-0.3, -0.25) is 0 Å². The normalized spacial score (nSPS) is 22.9. The lowest BCUT2D eigenvalue weighted by Gasteiger charge is -2.20. The molecule has 0 radical (unpaired) electrons. The zero-order valence-electron chi connectivity index (χ0n) is 11.6. The Hall–Kier alpha value is -0.600. The van der Waals surface area contributed by atoms with Crippen LogP contribution in [0.5, 0.6) is 0 Å².